The Kier molecular flexibility index (Phi) is 3.93. The van der Waals surface area contributed by atoms with E-state index in [2.05, 4.69) is 0 Å². The van der Waals surface area contributed by atoms with E-state index in [4.69, 9.17) is 10.2 Å². The number of carbonyl (C=O) groups is 2. The number of hydrogen-bond acceptors (Lipinski definition) is 3. The van der Waals surface area contributed by atoms with Crippen LogP contribution in [0.15, 0.2) is 30.3 Å². The van der Waals surface area contributed by atoms with Crippen LogP contribution in [-0.4, -0.2) is 25.3 Å². The molecule has 0 aliphatic rings. The van der Waals surface area contributed by atoms with E-state index in [1.54, 1.807) is 37.8 Å². The van der Waals surface area contributed by atoms with Gasteiger partial charge in [0.25, 0.3) is 11.5 Å². The van der Waals surface area contributed by atoms with Gasteiger partial charge >= 0.3 is 5.97 Å². The molecule has 0 bridgehead atoms. The molecule has 1 aromatic rings. The van der Waals surface area contributed by atoms with Gasteiger partial charge in [0.2, 0.25) is 0 Å². The summed E-state index contributed by atoms with van der Waals surface area (Å²) in [7, 11) is -2.28. The highest BCUT2D eigenvalue weighted by Crippen LogP contribution is 2.30. The van der Waals surface area contributed by atoms with E-state index in [1.165, 1.54) is 12.1 Å². The number of rotatable bonds is 5. The monoisotopic (exact) mass is 267 g/mol. The van der Waals surface area contributed by atoms with Crippen LogP contribution >= 0.6 is 0 Å². The van der Waals surface area contributed by atoms with E-state index in [0.29, 0.717) is 0 Å². The summed E-state index contributed by atoms with van der Waals surface area (Å²) < 4.78 is 5.60. The predicted octanol–water partition coefficient (Wildman–Crippen LogP) is 1.30. The fraction of sp³-hybridized carbons (Fsp3) is 0.333. The SMILES string of the molecule is C[Si](C)(C)OC(C(N)=O)(C(=O)O)c1ccccc1. The van der Waals surface area contributed by atoms with Crippen molar-refractivity contribution in [3.63, 3.8) is 0 Å². The maximum atomic E-state index is 11.7. The molecule has 1 unspecified atom stereocenters. The Balaban J connectivity index is 3.41. The summed E-state index contributed by atoms with van der Waals surface area (Å²) in [5, 5.41) is 9.41. The first-order valence-electron chi connectivity index (χ1n) is 5.49. The summed E-state index contributed by atoms with van der Waals surface area (Å²) >= 11 is 0. The third kappa shape index (κ3) is 2.77. The maximum Gasteiger partial charge on any atom is 0.349 e. The number of benzene rings is 1. The lowest BCUT2D eigenvalue weighted by molar-refractivity contribution is -0.163. The van der Waals surface area contributed by atoms with Crippen LogP contribution in [0.3, 0.4) is 0 Å². The molecule has 1 amide bonds. The average Bonchev–Trinajstić information content (AvgIpc) is 2.25. The first-order valence-corrected chi connectivity index (χ1v) is 8.90. The van der Waals surface area contributed by atoms with Crippen molar-refractivity contribution in [3.8, 4) is 0 Å². The second kappa shape index (κ2) is 4.91. The van der Waals surface area contributed by atoms with Gasteiger partial charge in [-0.2, -0.15) is 0 Å². The van der Waals surface area contributed by atoms with Crippen LogP contribution in [0.1, 0.15) is 5.56 Å². The third-order valence-electron chi connectivity index (χ3n) is 2.29. The van der Waals surface area contributed by atoms with Gasteiger partial charge in [0.1, 0.15) is 0 Å². The van der Waals surface area contributed by atoms with Crippen LogP contribution in [0.2, 0.25) is 19.6 Å². The van der Waals surface area contributed by atoms with Crippen molar-refractivity contribution in [2.75, 3.05) is 0 Å². The molecule has 0 heterocycles. The van der Waals surface area contributed by atoms with Gasteiger partial charge in [-0.3, -0.25) is 4.79 Å². The van der Waals surface area contributed by atoms with Gasteiger partial charge in [0.15, 0.2) is 8.32 Å². The second-order valence-corrected chi connectivity index (χ2v) is 9.36. The zero-order valence-electron chi connectivity index (χ0n) is 10.6. The number of hydrogen-bond donors (Lipinski definition) is 2. The lowest BCUT2D eigenvalue weighted by Gasteiger charge is -2.33. The fourth-order valence-electron chi connectivity index (χ4n) is 1.66. The van der Waals surface area contributed by atoms with Crippen LogP contribution in [-0.2, 0) is 19.6 Å². The van der Waals surface area contributed by atoms with Crippen molar-refractivity contribution in [2.45, 2.75) is 25.2 Å². The van der Waals surface area contributed by atoms with Gasteiger partial charge in [-0.25, -0.2) is 4.79 Å². The molecule has 98 valence electrons. The summed E-state index contributed by atoms with van der Waals surface area (Å²) in [4.78, 5) is 23.2. The number of amides is 1. The summed E-state index contributed by atoms with van der Waals surface area (Å²) in [6, 6.07) is 8.07. The number of aliphatic carboxylic acids is 1. The standard InChI is InChI=1S/C12H17NO4Si/c1-18(2,3)17-12(10(13)14,11(15)16)9-7-5-4-6-8-9/h4-8H,1-3H3,(H2,13,14)(H,15,16). The van der Waals surface area contributed by atoms with Crippen molar-refractivity contribution >= 4 is 20.2 Å². The highest BCUT2D eigenvalue weighted by atomic mass is 28.4. The molecule has 0 spiro atoms. The lowest BCUT2D eigenvalue weighted by atomic mass is 9.93. The summed E-state index contributed by atoms with van der Waals surface area (Å²) in [6.07, 6.45) is 0. The van der Waals surface area contributed by atoms with Crippen molar-refractivity contribution in [1.29, 1.82) is 0 Å². The zero-order valence-corrected chi connectivity index (χ0v) is 11.6. The topological polar surface area (TPSA) is 89.6 Å². The highest BCUT2D eigenvalue weighted by molar-refractivity contribution is 6.70. The summed E-state index contributed by atoms with van der Waals surface area (Å²) in [5.74, 6) is -2.40. The third-order valence-corrected chi connectivity index (χ3v) is 3.21. The molecule has 18 heavy (non-hydrogen) atoms. The number of carbonyl (C=O) groups excluding carboxylic acids is 1. The van der Waals surface area contributed by atoms with Gasteiger partial charge in [0, 0.05) is 5.56 Å². The molecule has 1 atom stereocenters. The van der Waals surface area contributed by atoms with Crippen LogP contribution in [0.25, 0.3) is 0 Å². The molecular formula is C12H17NO4Si. The Morgan fingerprint density at radius 1 is 1.22 bits per heavy atom. The highest BCUT2D eigenvalue weighted by Gasteiger charge is 2.50. The van der Waals surface area contributed by atoms with Crippen molar-refractivity contribution in [2.24, 2.45) is 5.73 Å². The molecule has 0 aromatic heterocycles. The average molecular weight is 267 g/mol. The second-order valence-electron chi connectivity index (χ2n) is 4.93. The quantitative estimate of drug-likeness (QED) is 0.621. The first kappa shape index (κ1) is 14.4. The summed E-state index contributed by atoms with van der Waals surface area (Å²) in [5.41, 5.74) is 3.43. The van der Waals surface area contributed by atoms with E-state index >= 15 is 0 Å². The minimum absolute atomic E-state index is 0.243. The van der Waals surface area contributed by atoms with Gasteiger partial charge in [-0.1, -0.05) is 30.3 Å². The predicted molar refractivity (Wildman–Crippen MR) is 69.4 cm³/mol. The lowest BCUT2D eigenvalue weighted by Crippen LogP contribution is -2.54. The number of primary amides is 1. The van der Waals surface area contributed by atoms with Gasteiger partial charge in [-0.05, 0) is 19.6 Å². The van der Waals surface area contributed by atoms with E-state index in [9.17, 15) is 14.7 Å². The molecule has 0 radical (unpaired) electrons. The van der Waals surface area contributed by atoms with E-state index < -0.39 is 25.8 Å². The van der Waals surface area contributed by atoms with Crippen LogP contribution in [0.5, 0.6) is 0 Å². The maximum absolute atomic E-state index is 11.7. The van der Waals surface area contributed by atoms with Crippen molar-refractivity contribution in [1.82, 2.24) is 0 Å². The molecule has 1 aromatic carbocycles. The van der Waals surface area contributed by atoms with Gasteiger partial charge < -0.3 is 15.3 Å². The Bertz CT molecular complexity index is 439. The Labute approximate surface area is 107 Å². The van der Waals surface area contributed by atoms with E-state index in [0.717, 1.165) is 0 Å². The molecular weight excluding hydrogens is 250 g/mol. The molecule has 0 aliphatic carbocycles. The molecule has 6 heteroatoms. The largest absolute Gasteiger partial charge is 0.478 e. The molecule has 3 N–H and O–H groups in total. The zero-order chi connectivity index (χ0) is 14.0. The van der Waals surface area contributed by atoms with Crippen molar-refractivity contribution < 1.29 is 19.1 Å². The minimum atomic E-state index is -2.28. The normalized spacial score (nSPS) is 14.8. The number of nitrogens with two attached hydrogens (primary N) is 1. The molecule has 5 nitrogen and oxygen atoms in total. The van der Waals surface area contributed by atoms with Crippen LogP contribution in [0.4, 0.5) is 0 Å². The van der Waals surface area contributed by atoms with E-state index in [-0.39, 0.29) is 5.56 Å². The minimum Gasteiger partial charge on any atom is -0.478 e. The molecule has 0 fully saturated rings. The Hall–Kier alpha value is -1.66. The van der Waals surface area contributed by atoms with Crippen molar-refractivity contribution in [3.05, 3.63) is 35.9 Å². The first-order chi connectivity index (χ1) is 8.20. The van der Waals surface area contributed by atoms with Crippen LogP contribution in [0, 0.1) is 0 Å². The number of carboxylic acids is 1. The Morgan fingerprint density at radius 2 is 1.72 bits per heavy atom. The van der Waals surface area contributed by atoms with E-state index in [1.807, 2.05) is 0 Å². The fourth-order valence-corrected chi connectivity index (χ4v) is 2.88. The van der Waals surface area contributed by atoms with Crippen LogP contribution < -0.4 is 5.73 Å². The smallest absolute Gasteiger partial charge is 0.349 e. The molecule has 0 saturated carbocycles. The van der Waals surface area contributed by atoms with Gasteiger partial charge in [0.05, 0.1) is 0 Å². The Morgan fingerprint density at radius 3 is 2.06 bits per heavy atom. The molecule has 0 saturated heterocycles. The summed E-state index contributed by atoms with van der Waals surface area (Å²) in [6.45, 7) is 5.41. The molecule has 0 aliphatic heterocycles. The van der Waals surface area contributed by atoms with Gasteiger partial charge in [-0.15, -0.1) is 0 Å². The molecule has 1 rings (SSSR count). The number of carboxylic acid groups (broad SMARTS) is 1.